The SMILES string of the molecule is COc1cc(C#CCS)ccc1O. The number of rotatable bonds is 1. The highest BCUT2D eigenvalue weighted by Gasteiger charge is 1.99. The van der Waals surface area contributed by atoms with E-state index in [4.69, 9.17) is 4.74 Å². The molecule has 0 saturated carbocycles. The van der Waals surface area contributed by atoms with Gasteiger partial charge in [0.1, 0.15) is 0 Å². The van der Waals surface area contributed by atoms with Crippen molar-refractivity contribution in [2.45, 2.75) is 0 Å². The Hall–Kier alpha value is -1.27. The van der Waals surface area contributed by atoms with Crippen LogP contribution in [0.25, 0.3) is 0 Å². The van der Waals surface area contributed by atoms with Crippen molar-refractivity contribution in [3.63, 3.8) is 0 Å². The standard InChI is InChI=1S/C10H10O2S/c1-12-10-7-8(3-2-6-13)4-5-9(10)11/h4-5,7,11,13H,6H2,1H3. The van der Waals surface area contributed by atoms with E-state index in [0.717, 1.165) is 5.56 Å². The van der Waals surface area contributed by atoms with E-state index < -0.39 is 0 Å². The molecule has 0 heterocycles. The topological polar surface area (TPSA) is 29.5 Å². The zero-order valence-corrected chi connectivity index (χ0v) is 8.14. The summed E-state index contributed by atoms with van der Waals surface area (Å²) >= 11 is 3.97. The Morgan fingerprint density at radius 1 is 1.54 bits per heavy atom. The molecular formula is C10H10O2S. The first-order valence-electron chi connectivity index (χ1n) is 3.74. The fourth-order valence-electron chi connectivity index (χ4n) is 0.897. The van der Waals surface area contributed by atoms with Gasteiger partial charge >= 0.3 is 0 Å². The second-order valence-electron chi connectivity index (χ2n) is 2.35. The molecule has 0 aliphatic heterocycles. The number of methoxy groups -OCH3 is 1. The van der Waals surface area contributed by atoms with Gasteiger partial charge in [-0.2, -0.15) is 12.6 Å². The van der Waals surface area contributed by atoms with Gasteiger partial charge in [0.15, 0.2) is 11.5 Å². The summed E-state index contributed by atoms with van der Waals surface area (Å²) in [6, 6.07) is 4.97. The van der Waals surface area contributed by atoms with Crippen LogP contribution in [0.15, 0.2) is 18.2 Å². The van der Waals surface area contributed by atoms with Crippen molar-refractivity contribution in [2.75, 3.05) is 12.9 Å². The third-order valence-electron chi connectivity index (χ3n) is 1.49. The second kappa shape index (κ2) is 4.68. The van der Waals surface area contributed by atoms with Gasteiger partial charge in [0.05, 0.1) is 12.9 Å². The Bertz CT molecular complexity index is 350. The van der Waals surface area contributed by atoms with Crippen LogP contribution in [0.1, 0.15) is 5.56 Å². The summed E-state index contributed by atoms with van der Waals surface area (Å²) < 4.78 is 4.93. The van der Waals surface area contributed by atoms with Crippen LogP contribution in [-0.2, 0) is 0 Å². The van der Waals surface area contributed by atoms with E-state index in [1.54, 1.807) is 18.2 Å². The largest absolute Gasteiger partial charge is 0.504 e. The van der Waals surface area contributed by atoms with Crippen LogP contribution in [0.2, 0.25) is 0 Å². The van der Waals surface area contributed by atoms with Gasteiger partial charge in [-0.3, -0.25) is 0 Å². The highest BCUT2D eigenvalue weighted by atomic mass is 32.1. The number of ether oxygens (including phenoxy) is 1. The van der Waals surface area contributed by atoms with E-state index in [1.807, 2.05) is 0 Å². The van der Waals surface area contributed by atoms with Crippen LogP contribution in [0.4, 0.5) is 0 Å². The van der Waals surface area contributed by atoms with Gasteiger partial charge < -0.3 is 9.84 Å². The quantitative estimate of drug-likeness (QED) is 0.526. The molecule has 68 valence electrons. The maximum atomic E-state index is 9.27. The number of phenols is 1. The number of hydrogen-bond acceptors (Lipinski definition) is 3. The summed E-state index contributed by atoms with van der Waals surface area (Å²) in [5, 5.41) is 9.27. The summed E-state index contributed by atoms with van der Waals surface area (Å²) in [7, 11) is 1.50. The van der Waals surface area contributed by atoms with Crippen molar-refractivity contribution in [1.29, 1.82) is 0 Å². The third-order valence-corrected chi connectivity index (χ3v) is 1.65. The zero-order valence-electron chi connectivity index (χ0n) is 7.24. The number of phenolic OH excluding ortho intramolecular Hbond substituents is 1. The molecule has 1 N–H and O–H groups in total. The van der Waals surface area contributed by atoms with E-state index in [-0.39, 0.29) is 5.75 Å². The van der Waals surface area contributed by atoms with Crippen molar-refractivity contribution < 1.29 is 9.84 Å². The van der Waals surface area contributed by atoms with Crippen LogP contribution in [0.5, 0.6) is 11.5 Å². The fourth-order valence-corrected chi connectivity index (χ4v) is 0.976. The molecule has 13 heavy (non-hydrogen) atoms. The average molecular weight is 194 g/mol. The molecule has 0 aliphatic rings. The minimum absolute atomic E-state index is 0.124. The predicted octanol–water partition coefficient (Wildman–Crippen LogP) is 1.68. The van der Waals surface area contributed by atoms with Gasteiger partial charge in [-0.05, 0) is 18.2 Å². The molecule has 3 heteroatoms. The van der Waals surface area contributed by atoms with Crippen molar-refractivity contribution in [3.05, 3.63) is 23.8 Å². The van der Waals surface area contributed by atoms with Crippen molar-refractivity contribution in [3.8, 4) is 23.3 Å². The molecule has 1 aromatic rings. The van der Waals surface area contributed by atoms with Gasteiger partial charge in [-0.25, -0.2) is 0 Å². The minimum atomic E-state index is 0.124. The Balaban J connectivity index is 2.99. The Morgan fingerprint density at radius 3 is 2.92 bits per heavy atom. The van der Waals surface area contributed by atoms with E-state index in [9.17, 15) is 5.11 Å². The molecule has 0 fully saturated rings. The molecule has 2 nitrogen and oxygen atoms in total. The third kappa shape index (κ3) is 2.60. The maximum absolute atomic E-state index is 9.27. The van der Waals surface area contributed by atoms with Crippen molar-refractivity contribution in [2.24, 2.45) is 0 Å². The molecule has 0 atom stereocenters. The second-order valence-corrected chi connectivity index (χ2v) is 2.66. The lowest BCUT2D eigenvalue weighted by Gasteiger charge is -2.02. The summed E-state index contributed by atoms with van der Waals surface area (Å²) in [4.78, 5) is 0. The first-order chi connectivity index (χ1) is 6.27. The van der Waals surface area contributed by atoms with Crippen molar-refractivity contribution >= 4 is 12.6 Å². The molecule has 0 saturated heterocycles. The van der Waals surface area contributed by atoms with Gasteiger partial charge in [-0.15, -0.1) is 0 Å². The molecule has 0 bridgehead atoms. The molecule has 0 aliphatic carbocycles. The van der Waals surface area contributed by atoms with Gasteiger partial charge in [0.25, 0.3) is 0 Å². The molecule has 0 unspecified atom stereocenters. The lowest BCUT2D eigenvalue weighted by atomic mass is 10.2. The lowest BCUT2D eigenvalue weighted by molar-refractivity contribution is 0.373. The minimum Gasteiger partial charge on any atom is -0.504 e. The summed E-state index contributed by atoms with van der Waals surface area (Å²) in [6.07, 6.45) is 0. The van der Waals surface area contributed by atoms with E-state index in [2.05, 4.69) is 24.5 Å². The predicted molar refractivity (Wildman–Crippen MR) is 55.4 cm³/mol. The lowest BCUT2D eigenvalue weighted by Crippen LogP contribution is -1.84. The number of benzene rings is 1. The Morgan fingerprint density at radius 2 is 2.31 bits per heavy atom. The van der Waals surface area contributed by atoms with E-state index in [0.29, 0.717) is 11.5 Å². The highest BCUT2D eigenvalue weighted by Crippen LogP contribution is 2.25. The van der Waals surface area contributed by atoms with Gasteiger partial charge in [0, 0.05) is 5.56 Å². The van der Waals surface area contributed by atoms with Gasteiger partial charge in [0.2, 0.25) is 0 Å². The smallest absolute Gasteiger partial charge is 0.161 e. The summed E-state index contributed by atoms with van der Waals surface area (Å²) in [5.74, 6) is 6.77. The average Bonchev–Trinajstić information content (AvgIpc) is 2.16. The van der Waals surface area contributed by atoms with Crippen LogP contribution >= 0.6 is 12.6 Å². The monoisotopic (exact) mass is 194 g/mol. The number of hydrogen-bond donors (Lipinski definition) is 2. The first kappa shape index (κ1) is 9.82. The molecule has 0 aromatic heterocycles. The number of aromatic hydroxyl groups is 1. The fraction of sp³-hybridized carbons (Fsp3) is 0.200. The molecule has 0 radical (unpaired) electrons. The summed E-state index contributed by atoms with van der Waals surface area (Å²) in [5.41, 5.74) is 0.809. The van der Waals surface area contributed by atoms with Crippen LogP contribution < -0.4 is 4.74 Å². The first-order valence-corrected chi connectivity index (χ1v) is 4.38. The van der Waals surface area contributed by atoms with Gasteiger partial charge in [-0.1, -0.05) is 11.8 Å². The van der Waals surface area contributed by atoms with Crippen LogP contribution in [0, 0.1) is 11.8 Å². The van der Waals surface area contributed by atoms with Crippen LogP contribution in [0.3, 0.4) is 0 Å². The molecule has 0 spiro atoms. The normalized spacial score (nSPS) is 8.77. The summed E-state index contributed by atoms with van der Waals surface area (Å²) in [6.45, 7) is 0. The van der Waals surface area contributed by atoms with E-state index in [1.165, 1.54) is 7.11 Å². The van der Waals surface area contributed by atoms with E-state index >= 15 is 0 Å². The molecular weight excluding hydrogens is 184 g/mol. The molecule has 1 aromatic carbocycles. The molecule has 0 amide bonds. The zero-order chi connectivity index (χ0) is 9.68. The van der Waals surface area contributed by atoms with Crippen molar-refractivity contribution in [1.82, 2.24) is 0 Å². The Labute approximate surface area is 83.0 Å². The highest BCUT2D eigenvalue weighted by molar-refractivity contribution is 7.80. The number of thiol groups is 1. The Kier molecular flexibility index (Phi) is 3.53. The molecule has 1 rings (SSSR count). The maximum Gasteiger partial charge on any atom is 0.161 e. The van der Waals surface area contributed by atoms with Crippen LogP contribution in [-0.4, -0.2) is 18.0 Å².